The summed E-state index contributed by atoms with van der Waals surface area (Å²) in [6.45, 7) is 4.38. The normalized spacial score (nSPS) is 9.89. The molecule has 0 saturated heterocycles. The molecular formula is C12H14ClN3O2. The molecule has 2 heterocycles. The number of pyridine rings is 1. The average molecular weight is 268 g/mol. The number of nitrogens with two attached hydrogens (primary N) is 1. The second-order valence-corrected chi connectivity index (χ2v) is 3.93. The molecule has 6 heteroatoms. The maximum atomic E-state index is 11.1. The Morgan fingerprint density at radius 2 is 2.22 bits per heavy atom. The first kappa shape index (κ1) is 14.2. The van der Waals surface area contributed by atoms with E-state index in [4.69, 9.17) is 10.3 Å². The topological polar surface area (TPSA) is 73.0 Å². The molecule has 0 aromatic carbocycles. The van der Waals surface area contributed by atoms with Crippen molar-refractivity contribution in [2.45, 2.75) is 20.4 Å². The zero-order chi connectivity index (χ0) is 12.4. The number of halogens is 1. The van der Waals surface area contributed by atoms with Gasteiger partial charge in [0.2, 0.25) is 0 Å². The van der Waals surface area contributed by atoms with Gasteiger partial charge in [0, 0.05) is 6.07 Å². The molecule has 0 aliphatic rings. The third-order valence-electron chi connectivity index (χ3n) is 2.66. The van der Waals surface area contributed by atoms with Gasteiger partial charge < -0.3 is 22.7 Å². The molecule has 0 radical (unpaired) electrons. The summed E-state index contributed by atoms with van der Waals surface area (Å²) < 4.78 is 6.97. The fourth-order valence-corrected chi connectivity index (χ4v) is 1.68. The Bertz CT molecular complexity index is 547. The first-order valence-electron chi connectivity index (χ1n) is 5.28. The van der Waals surface area contributed by atoms with Crippen molar-refractivity contribution >= 4 is 5.91 Å². The number of aromatic nitrogens is 2. The molecule has 0 spiro atoms. The van der Waals surface area contributed by atoms with Gasteiger partial charge in [-0.2, -0.15) is 4.57 Å². The fourth-order valence-electron chi connectivity index (χ4n) is 1.68. The van der Waals surface area contributed by atoms with Gasteiger partial charge in [0.1, 0.15) is 11.3 Å². The van der Waals surface area contributed by atoms with Gasteiger partial charge in [-0.05, 0) is 19.9 Å². The Labute approximate surface area is 111 Å². The van der Waals surface area contributed by atoms with Crippen LogP contribution in [0.25, 0.3) is 0 Å². The van der Waals surface area contributed by atoms with Crippen molar-refractivity contribution < 1.29 is 26.3 Å². The fraction of sp³-hybridized carbons (Fsp3) is 0.250. The molecular weight excluding hydrogens is 254 g/mol. The lowest BCUT2D eigenvalue weighted by molar-refractivity contribution is -0.688. The monoisotopic (exact) mass is 267 g/mol. The number of rotatable bonds is 3. The largest absolute Gasteiger partial charge is 1.00 e. The van der Waals surface area contributed by atoms with Crippen LogP contribution in [0.5, 0.6) is 0 Å². The van der Waals surface area contributed by atoms with Gasteiger partial charge in [-0.1, -0.05) is 5.16 Å². The van der Waals surface area contributed by atoms with Crippen molar-refractivity contribution in [3.63, 3.8) is 0 Å². The molecule has 2 aromatic heterocycles. The van der Waals surface area contributed by atoms with Crippen molar-refractivity contribution in [2.24, 2.45) is 5.73 Å². The van der Waals surface area contributed by atoms with Gasteiger partial charge in [-0.3, -0.25) is 4.79 Å². The van der Waals surface area contributed by atoms with Crippen LogP contribution in [0.15, 0.2) is 29.0 Å². The van der Waals surface area contributed by atoms with E-state index in [0.29, 0.717) is 12.1 Å². The van der Waals surface area contributed by atoms with Crippen molar-refractivity contribution in [3.05, 3.63) is 47.1 Å². The summed E-state index contributed by atoms with van der Waals surface area (Å²) >= 11 is 0. The van der Waals surface area contributed by atoms with Gasteiger partial charge in [-0.15, -0.1) is 0 Å². The Hall–Kier alpha value is -1.88. The maximum absolute atomic E-state index is 11.1. The number of hydrogen-bond acceptors (Lipinski definition) is 3. The third kappa shape index (κ3) is 2.87. The quantitative estimate of drug-likeness (QED) is 0.638. The molecule has 2 rings (SSSR count). The summed E-state index contributed by atoms with van der Waals surface area (Å²) in [6, 6.07) is 3.48. The van der Waals surface area contributed by atoms with Gasteiger partial charge in [0.25, 0.3) is 5.91 Å². The Morgan fingerprint density at radius 3 is 2.78 bits per heavy atom. The molecule has 0 bridgehead atoms. The lowest BCUT2D eigenvalue weighted by atomic mass is 10.2. The van der Waals surface area contributed by atoms with E-state index in [9.17, 15) is 4.79 Å². The summed E-state index contributed by atoms with van der Waals surface area (Å²) in [5, 5.41) is 3.89. The highest BCUT2D eigenvalue weighted by Gasteiger charge is 2.15. The molecule has 0 fully saturated rings. The summed E-state index contributed by atoms with van der Waals surface area (Å²) in [4.78, 5) is 11.1. The highest BCUT2D eigenvalue weighted by atomic mass is 35.5. The molecule has 0 unspecified atom stereocenters. The van der Waals surface area contributed by atoms with Gasteiger partial charge in [-0.25, -0.2) is 0 Å². The number of amides is 1. The zero-order valence-electron chi connectivity index (χ0n) is 10.2. The van der Waals surface area contributed by atoms with Crippen LogP contribution in [0.1, 0.15) is 27.4 Å². The summed E-state index contributed by atoms with van der Waals surface area (Å²) in [5.41, 5.74) is 7.60. The lowest BCUT2D eigenvalue weighted by Gasteiger charge is -1.98. The second kappa shape index (κ2) is 5.64. The van der Waals surface area contributed by atoms with E-state index in [2.05, 4.69) is 5.16 Å². The van der Waals surface area contributed by atoms with Crippen LogP contribution in [0, 0.1) is 13.8 Å². The highest BCUT2D eigenvalue weighted by molar-refractivity contribution is 5.92. The molecule has 96 valence electrons. The summed E-state index contributed by atoms with van der Waals surface area (Å²) in [6.07, 6.45) is 3.59. The van der Waals surface area contributed by atoms with Crippen LogP contribution in [0.3, 0.4) is 0 Å². The molecule has 18 heavy (non-hydrogen) atoms. The number of carbonyl (C=O) groups excluding carboxylic acids is 1. The first-order chi connectivity index (χ1) is 8.08. The minimum atomic E-state index is -0.432. The van der Waals surface area contributed by atoms with Crippen molar-refractivity contribution in [1.82, 2.24) is 5.16 Å². The predicted molar refractivity (Wildman–Crippen MR) is 60.2 cm³/mol. The maximum Gasteiger partial charge on any atom is 0.254 e. The Kier molecular flexibility index (Phi) is 4.44. The van der Waals surface area contributed by atoms with Crippen LogP contribution >= 0.6 is 0 Å². The molecule has 0 saturated carbocycles. The highest BCUT2D eigenvalue weighted by Crippen LogP contribution is 2.11. The van der Waals surface area contributed by atoms with Crippen molar-refractivity contribution in [2.75, 3.05) is 0 Å². The minimum Gasteiger partial charge on any atom is -1.00 e. The van der Waals surface area contributed by atoms with E-state index in [1.165, 1.54) is 0 Å². The zero-order valence-corrected chi connectivity index (χ0v) is 10.9. The molecule has 1 amide bonds. The number of aryl methyl sites for hydroxylation is 2. The molecule has 2 aromatic rings. The van der Waals surface area contributed by atoms with E-state index < -0.39 is 5.91 Å². The minimum absolute atomic E-state index is 0. The molecule has 0 aliphatic carbocycles. The SMILES string of the molecule is Cc1noc(C)c1C[n+]1cccc(C(N)=O)c1.[Cl-]. The summed E-state index contributed by atoms with van der Waals surface area (Å²) in [5.74, 6) is 0.359. The van der Waals surface area contributed by atoms with Gasteiger partial charge >= 0.3 is 0 Å². The Balaban J connectivity index is 0.00000162. The van der Waals surface area contributed by atoms with Gasteiger partial charge in [0.05, 0.1) is 11.3 Å². The molecule has 0 aliphatic heterocycles. The summed E-state index contributed by atoms with van der Waals surface area (Å²) in [7, 11) is 0. The van der Waals surface area contributed by atoms with Crippen LogP contribution in [-0.2, 0) is 6.54 Å². The van der Waals surface area contributed by atoms with Crippen molar-refractivity contribution in [1.29, 1.82) is 0 Å². The number of hydrogen-bond donors (Lipinski definition) is 1. The van der Waals surface area contributed by atoms with E-state index in [1.54, 1.807) is 18.3 Å². The predicted octanol–water partition coefficient (Wildman–Crippen LogP) is -2.27. The molecule has 0 atom stereocenters. The van der Waals surface area contributed by atoms with Crippen molar-refractivity contribution in [3.8, 4) is 0 Å². The molecule has 2 N–H and O–H groups in total. The Morgan fingerprint density at radius 1 is 1.50 bits per heavy atom. The van der Waals surface area contributed by atoms with E-state index in [-0.39, 0.29) is 12.4 Å². The lowest BCUT2D eigenvalue weighted by Crippen LogP contribution is -3.00. The van der Waals surface area contributed by atoms with Crippen LogP contribution in [0.2, 0.25) is 0 Å². The van der Waals surface area contributed by atoms with E-state index >= 15 is 0 Å². The van der Waals surface area contributed by atoms with Gasteiger partial charge in [0.15, 0.2) is 18.9 Å². The van der Waals surface area contributed by atoms with Crippen LogP contribution < -0.4 is 22.7 Å². The van der Waals surface area contributed by atoms with E-state index in [1.807, 2.05) is 24.6 Å². The number of nitrogens with zero attached hydrogens (tertiary/aromatic N) is 2. The smallest absolute Gasteiger partial charge is 0.254 e. The third-order valence-corrected chi connectivity index (χ3v) is 2.66. The van der Waals surface area contributed by atoms with Crippen LogP contribution in [-0.4, -0.2) is 11.1 Å². The average Bonchev–Trinajstić information content (AvgIpc) is 2.61. The number of carbonyl (C=O) groups is 1. The number of primary amides is 1. The molecule has 5 nitrogen and oxygen atoms in total. The second-order valence-electron chi connectivity index (χ2n) is 3.93. The standard InChI is InChI=1S/C12H13N3O2.ClH/c1-8-11(9(2)17-14-8)7-15-5-3-4-10(6-15)12(13)16;/h3-6H,7H2,1-2H3,(H-,13,16);1H. The van der Waals surface area contributed by atoms with E-state index in [0.717, 1.165) is 17.0 Å². The first-order valence-corrected chi connectivity index (χ1v) is 5.28. The van der Waals surface area contributed by atoms with Crippen LogP contribution in [0.4, 0.5) is 0 Å².